The van der Waals surface area contributed by atoms with E-state index in [-0.39, 0.29) is 0 Å². The minimum absolute atomic E-state index is 0.531. The molecule has 3 heterocycles. The highest BCUT2D eigenvalue weighted by Crippen LogP contribution is 2.18. The molecule has 0 fully saturated rings. The average Bonchev–Trinajstić information content (AvgIpc) is 2.81. The van der Waals surface area contributed by atoms with Crippen molar-refractivity contribution in [2.75, 3.05) is 0 Å². The van der Waals surface area contributed by atoms with Gasteiger partial charge in [-0.3, -0.25) is 4.98 Å². The molecule has 0 N–H and O–H groups in total. The lowest BCUT2D eigenvalue weighted by molar-refractivity contribution is 0.815. The zero-order valence-corrected chi connectivity index (χ0v) is 10.6. The molecule has 3 rings (SSSR count). The van der Waals surface area contributed by atoms with Gasteiger partial charge in [0.25, 0.3) is 5.95 Å². The van der Waals surface area contributed by atoms with Gasteiger partial charge >= 0.3 is 0 Å². The summed E-state index contributed by atoms with van der Waals surface area (Å²) >= 11 is 0. The van der Waals surface area contributed by atoms with Crippen LogP contribution in [0.2, 0.25) is 0 Å². The second-order valence-corrected chi connectivity index (χ2v) is 4.27. The van der Waals surface area contributed by atoms with E-state index < -0.39 is 0 Å². The summed E-state index contributed by atoms with van der Waals surface area (Å²) in [6.45, 7) is 3.85. The van der Waals surface area contributed by atoms with Gasteiger partial charge in [-0.2, -0.15) is 9.78 Å². The van der Waals surface area contributed by atoms with E-state index in [0.29, 0.717) is 11.5 Å². The molecule has 0 saturated carbocycles. The third-order valence-electron chi connectivity index (χ3n) is 2.81. The van der Waals surface area contributed by atoms with E-state index in [2.05, 4.69) is 26.0 Å². The average molecular weight is 249 g/mol. The van der Waals surface area contributed by atoms with Crippen molar-refractivity contribution in [3.63, 3.8) is 0 Å². The predicted molar refractivity (Wildman–Crippen MR) is 71.9 cm³/mol. The van der Waals surface area contributed by atoms with Gasteiger partial charge < -0.3 is 0 Å². The highest BCUT2D eigenvalue weighted by molar-refractivity contribution is 5.84. The molecule has 0 atom stereocenters. The number of aryl methyl sites for hydroxylation is 2. The van der Waals surface area contributed by atoms with Gasteiger partial charge in [0.1, 0.15) is 0 Å². The van der Waals surface area contributed by atoms with Crippen molar-refractivity contribution in [2.24, 2.45) is 0 Å². The second kappa shape index (κ2) is 4.18. The largest absolute Gasteiger partial charge is 0.261 e. The topological polar surface area (TPSA) is 56.5 Å². The molecule has 92 valence electrons. The molecule has 0 bridgehead atoms. The summed E-state index contributed by atoms with van der Waals surface area (Å²) in [6.07, 6.45) is 10.5. The number of rotatable bonds is 1. The van der Waals surface area contributed by atoms with Gasteiger partial charge in [0.05, 0.1) is 23.5 Å². The Hall–Kier alpha value is -2.74. The fourth-order valence-corrected chi connectivity index (χ4v) is 2.02. The Labute approximate surface area is 110 Å². The minimum atomic E-state index is 0.531. The summed E-state index contributed by atoms with van der Waals surface area (Å²) in [5, 5.41) is 5.19. The van der Waals surface area contributed by atoms with Crippen LogP contribution in [0.25, 0.3) is 16.9 Å². The maximum absolute atomic E-state index is 5.45. The summed E-state index contributed by atoms with van der Waals surface area (Å²) in [5.41, 5.74) is 3.31. The lowest BCUT2D eigenvalue weighted by atomic mass is 10.2. The van der Waals surface area contributed by atoms with E-state index in [4.69, 9.17) is 6.42 Å². The summed E-state index contributed by atoms with van der Waals surface area (Å²) in [7, 11) is 0. The van der Waals surface area contributed by atoms with Gasteiger partial charge in [-0.15, -0.1) is 6.42 Å². The van der Waals surface area contributed by atoms with E-state index >= 15 is 0 Å². The van der Waals surface area contributed by atoms with E-state index in [9.17, 15) is 0 Å². The summed E-state index contributed by atoms with van der Waals surface area (Å²) in [5.74, 6) is 3.13. The maximum Gasteiger partial charge on any atom is 0.251 e. The molecule has 5 heteroatoms. The third kappa shape index (κ3) is 1.83. The van der Waals surface area contributed by atoms with Crippen molar-refractivity contribution >= 4 is 10.9 Å². The van der Waals surface area contributed by atoms with Gasteiger partial charge in [0, 0.05) is 23.0 Å². The molecule has 0 radical (unpaired) electrons. The van der Waals surface area contributed by atoms with Crippen molar-refractivity contribution in [1.29, 1.82) is 0 Å². The van der Waals surface area contributed by atoms with Gasteiger partial charge in [-0.05, 0) is 19.9 Å². The molecular weight excluding hydrogens is 238 g/mol. The number of terminal acetylenes is 1. The number of pyridine rings is 1. The molecule has 0 unspecified atom stereocenters. The first-order chi connectivity index (χ1) is 9.19. The second-order valence-electron chi connectivity index (χ2n) is 4.27. The number of nitrogens with zero attached hydrogens (tertiary/aromatic N) is 5. The molecule has 0 amide bonds. The third-order valence-corrected chi connectivity index (χ3v) is 2.81. The van der Waals surface area contributed by atoms with E-state index in [1.165, 1.54) is 0 Å². The molecule has 0 saturated heterocycles. The number of hydrogen-bond donors (Lipinski definition) is 0. The van der Waals surface area contributed by atoms with Crippen LogP contribution in [0.1, 0.15) is 17.0 Å². The Morgan fingerprint density at radius 3 is 2.53 bits per heavy atom. The van der Waals surface area contributed by atoms with Gasteiger partial charge in [0.2, 0.25) is 0 Å². The van der Waals surface area contributed by atoms with Crippen LogP contribution in [-0.2, 0) is 0 Å². The molecular formula is C14H11N5. The summed E-state index contributed by atoms with van der Waals surface area (Å²) < 4.78 is 1.66. The molecule has 5 nitrogen and oxygen atoms in total. The number of aromatic nitrogens is 5. The zero-order valence-electron chi connectivity index (χ0n) is 10.6. The first-order valence-corrected chi connectivity index (χ1v) is 5.80. The molecule has 0 aliphatic heterocycles. The van der Waals surface area contributed by atoms with Crippen LogP contribution in [0.15, 0.2) is 24.7 Å². The smallest absolute Gasteiger partial charge is 0.251 e. The highest BCUT2D eigenvalue weighted by Gasteiger charge is 2.10. The van der Waals surface area contributed by atoms with Gasteiger partial charge in [-0.1, -0.05) is 5.92 Å². The van der Waals surface area contributed by atoms with Crippen molar-refractivity contribution < 1.29 is 0 Å². The van der Waals surface area contributed by atoms with Crippen LogP contribution in [0.4, 0.5) is 0 Å². The van der Waals surface area contributed by atoms with Crippen LogP contribution in [0.5, 0.6) is 0 Å². The van der Waals surface area contributed by atoms with E-state index in [0.717, 1.165) is 22.3 Å². The van der Waals surface area contributed by atoms with Crippen molar-refractivity contribution in [1.82, 2.24) is 24.7 Å². The predicted octanol–water partition coefficient (Wildman–Crippen LogP) is 1.81. The van der Waals surface area contributed by atoms with Crippen LogP contribution in [0, 0.1) is 26.2 Å². The van der Waals surface area contributed by atoms with Crippen LogP contribution < -0.4 is 0 Å². The monoisotopic (exact) mass is 249 g/mol. The van der Waals surface area contributed by atoms with E-state index in [1.54, 1.807) is 23.3 Å². The molecule has 0 aliphatic carbocycles. The Morgan fingerprint density at radius 2 is 1.84 bits per heavy atom. The Kier molecular flexibility index (Phi) is 2.50. The summed E-state index contributed by atoms with van der Waals surface area (Å²) in [4.78, 5) is 12.9. The van der Waals surface area contributed by atoms with E-state index in [1.807, 2.05) is 19.9 Å². The minimum Gasteiger partial charge on any atom is -0.261 e. The molecule has 0 aromatic carbocycles. The lowest BCUT2D eigenvalue weighted by Gasteiger charge is -2.04. The summed E-state index contributed by atoms with van der Waals surface area (Å²) in [6, 6.07) is 1.92. The van der Waals surface area contributed by atoms with Crippen molar-refractivity contribution in [3.8, 4) is 18.3 Å². The Morgan fingerprint density at radius 1 is 1.11 bits per heavy atom. The Bertz CT molecular complexity index is 790. The van der Waals surface area contributed by atoms with Gasteiger partial charge in [-0.25, -0.2) is 9.97 Å². The van der Waals surface area contributed by atoms with Crippen LogP contribution in [-0.4, -0.2) is 24.7 Å². The first-order valence-electron chi connectivity index (χ1n) is 5.80. The molecule has 0 aliphatic rings. The lowest BCUT2D eigenvalue weighted by Crippen LogP contribution is -2.05. The molecule has 3 aromatic rings. The zero-order chi connectivity index (χ0) is 13.4. The normalized spacial score (nSPS) is 10.6. The van der Waals surface area contributed by atoms with Crippen LogP contribution >= 0.6 is 0 Å². The fraction of sp³-hybridized carbons (Fsp3) is 0.143. The van der Waals surface area contributed by atoms with Crippen molar-refractivity contribution in [3.05, 3.63) is 41.6 Å². The highest BCUT2D eigenvalue weighted by atomic mass is 15.3. The fourth-order valence-electron chi connectivity index (χ4n) is 2.02. The number of hydrogen-bond acceptors (Lipinski definition) is 4. The SMILES string of the molecule is C#Cc1cncc2c1cnn2-c1nc(C)cc(C)n1. The maximum atomic E-state index is 5.45. The molecule has 3 aromatic heterocycles. The van der Waals surface area contributed by atoms with Gasteiger partial charge in [0.15, 0.2) is 0 Å². The Balaban J connectivity index is 2.29. The van der Waals surface area contributed by atoms with Crippen LogP contribution in [0.3, 0.4) is 0 Å². The standard InChI is InChI=1S/C14H11N5/c1-4-11-6-15-8-13-12(11)7-16-19(13)14-17-9(2)5-10(3)18-14/h1,5-8H,2-3H3. The van der Waals surface area contributed by atoms with Crippen molar-refractivity contribution in [2.45, 2.75) is 13.8 Å². The molecule has 19 heavy (non-hydrogen) atoms. The number of fused-ring (bicyclic) bond motifs is 1. The molecule has 0 spiro atoms. The quantitative estimate of drug-likeness (QED) is 0.617. The first kappa shape index (κ1) is 11.4.